The molecular weight excluding hydrogens is 249 g/mol. The van der Waals surface area contributed by atoms with Crippen LogP contribution in [0.2, 0.25) is 0 Å². The molecule has 1 rings (SSSR count). The van der Waals surface area contributed by atoms with Gasteiger partial charge in [-0.15, -0.1) is 0 Å². The Kier molecular flexibility index (Phi) is 4.61. The number of rotatable bonds is 7. The minimum Gasteiger partial charge on any atom is -0.480 e. The van der Waals surface area contributed by atoms with Crippen LogP contribution in [0.4, 0.5) is 13.2 Å². The number of likely N-dealkylation sites (N-methyl/N-ethyl adjacent to an activating group) is 2. The Labute approximate surface area is 104 Å². The topological polar surface area (TPSA) is 52.6 Å². The average molecular weight is 268 g/mol. The molecule has 106 valence electrons. The molecule has 0 aromatic rings. The Morgan fingerprint density at radius 3 is 2.22 bits per heavy atom. The van der Waals surface area contributed by atoms with Gasteiger partial charge in [0.15, 0.2) is 0 Å². The Hall–Kier alpha value is -0.820. The van der Waals surface area contributed by atoms with Gasteiger partial charge in [-0.1, -0.05) is 6.92 Å². The second-order valence-electron chi connectivity index (χ2n) is 4.72. The number of halogens is 3. The van der Waals surface area contributed by atoms with Crippen molar-refractivity contribution in [3.8, 4) is 0 Å². The summed E-state index contributed by atoms with van der Waals surface area (Å²) in [6.45, 7) is 0.566. The highest BCUT2D eigenvalue weighted by molar-refractivity contribution is 5.80. The van der Waals surface area contributed by atoms with Crippen molar-refractivity contribution in [3.63, 3.8) is 0 Å². The third kappa shape index (κ3) is 3.58. The van der Waals surface area contributed by atoms with Gasteiger partial charge in [0.2, 0.25) is 0 Å². The Bertz CT molecular complexity index is 305. The Morgan fingerprint density at radius 1 is 1.39 bits per heavy atom. The van der Waals surface area contributed by atoms with E-state index in [0.29, 0.717) is 0 Å². The molecule has 0 amide bonds. The number of hydrogen-bond donors (Lipinski definition) is 2. The van der Waals surface area contributed by atoms with Crippen LogP contribution in [0.3, 0.4) is 0 Å². The van der Waals surface area contributed by atoms with Gasteiger partial charge in [0, 0.05) is 6.54 Å². The quantitative estimate of drug-likeness (QED) is 0.731. The fourth-order valence-electron chi connectivity index (χ4n) is 2.22. The molecule has 0 spiro atoms. The lowest BCUT2D eigenvalue weighted by atomic mass is 9.92. The van der Waals surface area contributed by atoms with E-state index in [1.807, 2.05) is 0 Å². The molecule has 2 N–H and O–H groups in total. The number of nitrogens with zero attached hydrogens (tertiary/aromatic N) is 1. The van der Waals surface area contributed by atoms with Gasteiger partial charge in [-0.3, -0.25) is 9.69 Å². The predicted octanol–water partition coefficient (Wildman–Crippen LogP) is 1.32. The average Bonchev–Trinajstić information content (AvgIpc) is 3.06. The maximum Gasteiger partial charge on any atom is 0.401 e. The fraction of sp³-hybridized carbons (Fsp3) is 0.909. The van der Waals surface area contributed by atoms with Gasteiger partial charge < -0.3 is 10.4 Å². The zero-order chi connectivity index (χ0) is 14.0. The van der Waals surface area contributed by atoms with E-state index in [9.17, 15) is 23.1 Å². The second-order valence-corrected chi connectivity index (χ2v) is 4.72. The monoisotopic (exact) mass is 268 g/mol. The number of hydrogen-bond acceptors (Lipinski definition) is 3. The Balaban J connectivity index is 2.78. The van der Waals surface area contributed by atoms with Gasteiger partial charge >= 0.3 is 12.1 Å². The summed E-state index contributed by atoms with van der Waals surface area (Å²) in [7, 11) is 1.49. The summed E-state index contributed by atoms with van der Waals surface area (Å²) in [5.41, 5.74) is -1.26. The first kappa shape index (κ1) is 15.2. The van der Waals surface area contributed by atoms with Crippen LogP contribution in [0.1, 0.15) is 19.8 Å². The molecule has 1 fully saturated rings. The largest absolute Gasteiger partial charge is 0.480 e. The molecule has 0 radical (unpaired) electrons. The van der Waals surface area contributed by atoms with Crippen LogP contribution in [0.15, 0.2) is 0 Å². The van der Waals surface area contributed by atoms with E-state index >= 15 is 0 Å². The lowest BCUT2D eigenvalue weighted by molar-refractivity contribution is -0.157. The van der Waals surface area contributed by atoms with Crippen LogP contribution in [0.5, 0.6) is 0 Å². The minimum atomic E-state index is -4.31. The van der Waals surface area contributed by atoms with Gasteiger partial charge in [-0.05, 0) is 32.4 Å². The van der Waals surface area contributed by atoms with Crippen LogP contribution in [-0.4, -0.2) is 54.4 Å². The predicted molar refractivity (Wildman–Crippen MR) is 60.3 cm³/mol. The lowest BCUT2D eigenvalue weighted by Crippen LogP contribution is -2.60. The summed E-state index contributed by atoms with van der Waals surface area (Å²) in [4.78, 5) is 12.5. The molecule has 4 nitrogen and oxygen atoms in total. The molecule has 0 aromatic heterocycles. The molecule has 1 saturated carbocycles. The lowest BCUT2D eigenvalue weighted by Gasteiger charge is -2.35. The molecule has 1 aliphatic carbocycles. The van der Waals surface area contributed by atoms with E-state index in [-0.39, 0.29) is 19.0 Å². The summed E-state index contributed by atoms with van der Waals surface area (Å²) in [5, 5.41) is 12.0. The highest BCUT2D eigenvalue weighted by Crippen LogP contribution is 2.40. The maximum atomic E-state index is 12.4. The molecule has 0 aromatic carbocycles. The normalized spacial score (nSPS) is 19.9. The number of carboxylic acids is 1. The molecular formula is C11H19F3N2O2. The van der Waals surface area contributed by atoms with E-state index < -0.39 is 24.2 Å². The maximum absolute atomic E-state index is 12.4. The first-order valence-electron chi connectivity index (χ1n) is 5.96. The fourth-order valence-corrected chi connectivity index (χ4v) is 2.22. The highest BCUT2D eigenvalue weighted by atomic mass is 19.4. The van der Waals surface area contributed by atoms with Crippen molar-refractivity contribution < 1.29 is 23.1 Å². The number of nitrogens with one attached hydrogen (secondary N) is 1. The molecule has 1 unspecified atom stereocenters. The number of carbonyl (C=O) groups is 1. The molecule has 18 heavy (non-hydrogen) atoms. The molecule has 0 saturated heterocycles. The SMILES string of the molecule is CCN(CC(F)(F)F)CC(NC)(C(=O)O)C1CC1. The van der Waals surface area contributed by atoms with Crippen LogP contribution >= 0.6 is 0 Å². The number of alkyl halides is 3. The molecule has 0 bridgehead atoms. The van der Waals surface area contributed by atoms with Crippen LogP contribution in [0, 0.1) is 5.92 Å². The number of carboxylic acid groups (broad SMARTS) is 1. The minimum absolute atomic E-state index is 0.0812. The molecule has 0 heterocycles. The zero-order valence-electron chi connectivity index (χ0n) is 10.5. The smallest absolute Gasteiger partial charge is 0.401 e. The molecule has 1 aliphatic rings. The van der Waals surface area contributed by atoms with Gasteiger partial charge in [-0.2, -0.15) is 13.2 Å². The van der Waals surface area contributed by atoms with Crippen LogP contribution in [0.25, 0.3) is 0 Å². The summed E-state index contributed by atoms with van der Waals surface area (Å²) < 4.78 is 37.1. The van der Waals surface area contributed by atoms with E-state index in [0.717, 1.165) is 17.7 Å². The van der Waals surface area contributed by atoms with E-state index in [4.69, 9.17) is 0 Å². The highest BCUT2D eigenvalue weighted by Gasteiger charge is 2.51. The number of aliphatic carboxylic acids is 1. The zero-order valence-corrected chi connectivity index (χ0v) is 10.5. The van der Waals surface area contributed by atoms with E-state index in [2.05, 4.69) is 5.32 Å². The third-order valence-corrected chi connectivity index (χ3v) is 3.43. The van der Waals surface area contributed by atoms with Gasteiger partial charge in [0.25, 0.3) is 0 Å². The molecule has 7 heteroatoms. The second kappa shape index (κ2) is 5.44. The van der Waals surface area contributed by atoms with Crippen LogP contribution < -0.4 is 5.32 Å². The van der Waals surface area contributed by atoms with Crippen molar-refractivity contribution >= 4 is 5.97 Å². The van der Waals surface area contributed by atoms with Crippen molar-refractivity contribution in [1.29, 1.82) is 0 Å². The van der Waals surface area contributed by atoms with E-state index in [1.165, 1.54) is 7.05 Å². The van der Waals surface area contributed by atoms with Crippen molar-refractivity contribution in [2.75, 3.05) is 26.7 Å². The first-order chi connectivity index (χ1) is 8.25. The molecule has 0 aliphatic heterocycles. The first-order valence-corrected chi connectivity index (χ1v) is 5.96. The molecule has 1 atom stereocenters. The van der Waals surface area contributed by atoms with Crippen LogP contribution in [-0.2, 0) is 4.79 Å². The van der Waals surface area contributed by atoms with Gasteiger partial charge in [-0.25, -0.2) is 0 Å². The van der Waals surface area contributed by atoms with Crippen molar-refractivity contribution in [2.45, 2.75) is 31.5 Å². The van der Waals surface area contributed by atoms with Crippen molar-refractivity contribution in [3.05, 3.63) is 0 Å². The van der Waals surface area contributed by atoms with E-state index in [1.54, 1.807) is 6.92 Å². The summed E-state index contributed by atoms with van der Waals surface area (Å²) in [5.74, 6) is -1.16. The summed E-state index contributed by atoms with van der Waals surface area (Å²) >= 11 is 0. The van der Waals surface area contributed by atoms with Gasteiger partial charge in [0.1, 0.15) is 5.54 Å². The van der Waals surface area contributed by atoms with Gasteiger partial charge in [0.05, 0.1) is 6.54 Å². The standard InChI is InChI=1S/C11H19F3N2O2/c1-3-16(7-11(12,13)14)6-10(15-2,9(17)18)8-4-5-8/h8,15H,3-7H2,1-2H3,(H,17,18). The summed E-state index contributed by atoms with van der Waals surface area (Å²) in [6, 6.07) is 0. The summed E-state index contributed by atoms with van der Waals surface area (Å²) in [6.07, 6.45) is -2.81. The third-order valence-electron chi connectivity index (χ3n) is 3.43. The van der Waals surface area contributed by atoms with Crippen molar-refractivity contribution in [2.24, 2.45) is 5.92 Å². The Morgan fingerprint density at radius 2 is 1.94 bits per heavy atom. The van der Waals surface area contributed by atoms with Crippen molar-refractivity contribution in [1.82, 2.24) is 10.2 Å².